The number of hydrogen-bond acceptors (Lipinski definition) is 2. The van der Waals surface area contributed by atoms with Crippen LogP contribution in [0.4, 0.5) is 8.78 Å². The van der Waals surface area contributed by atoms with Gasteiger partial charge in [0.05, 0.1) is 4.90 Å². The van der Waals surface area contributed by atoms with E-state index in [1.807, 2.05) is 32.0 Å². The number of benzene rings is 2. The van der Waals surface area contributed by atoms with E-state index in [2.05, 4.69) is 0 Å². The summed E-state index contributed by atoms with van der Waals surface area (Å²) in [6.07, 6.45) is 0. The molecule has 0 aliphatic carbocycles. The van der Waals surface area contributed by atoms with Gasteiger partial charge < -0.3 is 5.73 Å². The average Bonchev–Trinajstić information content (AvgIpc) is 2.35. The molecule has 0 amide bonds. The molecule has 0 saturated heterocycles. The number of rotatable bonds is 3. The molecular weight excluding hydrogens is 278 g/mol. The van der Waals surface area contributed by atoms with Crippen LogP contribution in [0.3, 0.4) is 0 Å². The van der Waals surface area contributed by atoms with Crippen LogP contribution in [0.1, 0.15) is 16.7 Å². The van der Waals surface area contributed by atoms with Gasteiger partial charge in [0, 0.05) is 10.5 Å². The topological polar surface area (TPSA) is 49.9 Å². The van der Waals surface area contributed by atoms with Crippen LogP contribution in [0, 0.1) is 30.9 Å². The zero-order valence-corrected chi connectivity index (χ0v) is 11.9. The van der Waals surface area contributed by atoms with Gasteiger partial charge in [-0.25, -0.2) is 8.78 Å². The van der Waals surface area contributed by atoms with Crippen LogP contribution in [-0.4, -0.2) is 5.84 Å². The van der Waals surface area contributed by atoms with Crippen LogP contribution < -0.4 is 5.73 Å². The van der Waals surface area contributed by atoms with Gasteiger partial charge in [0.2, 0.25) is 0 Å². The summed E-state index contributed by atoms with van der Waals surface area (Å²) < 4.78 is 27.9. The molecule has 0 saturated carbocycles. The van der Waals surface area contributed by atoms with Crippen LogP contribution >= 0.6 is 11.8 Å². The first-order valence-electron chi connectivity index (χ1n) is 5.97. The average molecular weight is 292 g/mol. The lowest BCUT2D eigenvalue weighted by Gasteiger charge is -2.09. The number of halogens is 2. The Morgan fingerprint density at radius 3 is 2.20 bits per heavy atom. The molecule has 0 aliphatic rings. The standard InChI is InChI=1S/C15H14F2N2S/c1-8-3-4-13(9(2)5-8)20-14-11(16)6-10(15(18)19)7-12(14)17/h3-7H,1-2H3,(H3,18,19). The molecule has 0 aromatic heterocycles. The molecule has 0 fully saturated rings. The lowest BCUT2D eigenvalue weighted by molar-refractivity contribution is 0.540. The zero-order chi connectivity index (χ0) is 14.9. The molecule has 0 bridgehead atoms. The Labute approximate surface area is 120 Å². The third-order valence-electron chi connectivity index (χ3n) is 2.85. The Hall–Kier alpha value is -1.88. The van der Waals surface area contributed by atoms with E-state index in [0.29, 0.717) is 0 Å². The molecule has 104 valence electrons. The first kappa shape index (κ1) is 14.5. The zero-order valence-electron chi connectivity index (χ0n) is 11.1. The summed E-state index contributed by atoms with van der Waals surface area (Å²) in [6.45, 7) is 3.86. The van der Waals surface area contributed by atoms with Gasteiger partial charge in [-0.1, -0.05) is 29.5 Å². The van der Waals surface area contributed by atoms with Crippen molar-refractivity contribution in [2.24, 2.45) is 5.73 Å². The van der Waals surface area contributed by atoms with Crippen LogP contribution in [0.25, 0.3) is 0 Å². The molecule has 0 atom stereocenters. The highest BCUT2D eigenvalue weighted by atomic mass is 32.2. The van der Waals surface area contributed by atoms with E-state index in [-0.39, 0.29) is 16.3 Å². The van der Waals surface area contributed by atoms with Crippen molar-refractivity contribution < 1.29 is 8.78 Å². The van der Waals surface area contributed by atoms with E-state index >= 15 is 0 Å². The smallest absolute Gasteiger partial charge is 0.140 e. The number of nitrogens with one attached hydrogen (secondary N) is 1. The van der Waals surface area contributed by atoms with Crippen molar-refractivity contribution in [1.29, 1.82) is 5.41 Å². The van der Waals surface area contributed by atoms with Gasteiger partial charge in [-0.2, -0.15) is 0 Å². The highest BCUT2D eigenvalue weighted by molar-refractivity contribution is 7.99. The molecule has 2 aromatic carbocycles. The van der Waals surface area contributed by atoms with Gasteiger partial charge in [-0.15, -0.1) is 0 Å². The van der Waals surface area contributed by atoms with Gasteiger partial charge in [0.15, 0.2) is 0 Å². The summed E-state index contributed by atoms with van der Waals surface area (Å²) in [5.74, 6) is -1.77. The monoisotopic (exact) mass is 292 g/mol. The minimum atomic E-state index is -0.708. The van der Waals surface area contributed by atoms with Gasteiger partial charge in [0.25, 0.3) is 0 Å². The van der Waals surface area contributed by atoms with E-state index < -0.39 is 11.6 Å². The summed E-state index contributed by atoms with van der Waals surface area (Å²) in [4.78, 5) is 0.714. The molecule has 0 aliphatic heterocycles. The third-order valence-corrected chi connectivity index (χ3v) is 4.12. The van der Waals surface area contributed by atoms with Crippen LogP contribution in [0.5, 0.6) is 0 Å². The van der Waals surface area contributed by atoms with Crippen LogP contribution in [0.15, 0.2) is 40.1 Å². The molecular formula is C15H14F2N2S. The number of aryl methyl sites for hydroxylation is 2. The lowest BCUT2D eigenvalue weighted by Crippen LogP contribution is -2.12. The Morgan fingerprint density at radius 1 is 1.10 bits per heavy atom. The second-order valence-electron chi connectivity index (χ2n) is 4.55. The Kier molecular flexibility index (Phi) is 4.09. The SMILES string of the molecule is Cc1ccc(Sc2c(F)cc(C(=N)N)cc2F)c(C)c1. The molecule has 2 nitrogen and oxygen atoms in total. The number of nitrogens with two attached hydrogens (primary N) is 1. The largest absolute Gasteiger partial charge is 0.384 e. The maximum atomic E-state index is 14.0. The molecule has 0 radical (unpaired) electrons. The first-order chi connectivity index (χ1) is 9.38. The Balaban J connectivity index is 2.41. The maximum Gasteiger partial charge on any atom is 0.140 e. The van der Waals surface area contributed by atoms with Gasteiger partial charge >= 0.3 is 0 Å². The molecule has 3 N–H and O–H groups in total. The number of amidine groups is 1. The van der Waals surface area contributed by atoms with Crippen LogP contribution in [0.2, 0.25) is 0 Å². The molecule has 2 rings (SSSR count). The minimum absolute atomic E-state index is 0.0463. The van der Waals surface area contributed by atoms with Crippen molar-refractivity contribution in [3.8, 4) is 0 Å². The summed E-state index contributed by atoms with van der Waals surface area (Å²) >= 11 is 1.04. The summed E-state index contributed by atoms with van der Waals surface area (Å²) in [6, 6.07) is 7.86. The van der Waals surface area contributed by atoms with E-state index in [1.54, 1.807) is 0 Å². The molecule has 5 heteroatoms. The normalized spacial score (nSPS) is 10.6. The summed E-state index contributed by atoms with van der Waals surface area (Å²) in [5.41, 5.74) is 7.34. The first-order valence-corrected chi connectivity index (χ1v) is 6.78. The predicted octanol–water partition coefficient (Wildman–Crippen LogP) is 4.02. The van der Waals surface area contributed by atoms with Crippen molar-refractivity contribution in [2.45, 2.75) is 23.6 Å². The minimum Gasteiger partial charge on any atom is -0.384 e. The van der Waals surface area contributed by atoms with E-state index in [9.17, 15) is 8.78 Å². The van der Waals surface area contributed by atoms with Crippen molar-refractivity contribution in [1.82, 2.24) is 0 Å². The molecule has 0 spiro atoms. The van der Waals surface area contributed by atoms with Crippen molar-refractivity contribution in [3.63, 3.8) is 0 Å². The summed E-state index contributed by atoms with van der Waals surface area (Å²) in [5, 5.41) is 7.22. The molecule has 2 aromatic rings. The van der Waals surface area contributed by atoms with Crippen molar-refractivity contribution in [2.75, 3.05) is 0 Å². The summed E-state index contributed by atoms with van der Waals surface area (Å²) in [7, 11) is 0. The fourth-order valence-electron chi connectivity index (χ4n) is 1.84. The quantitative estimate of drug-likeness (QED) is 0.663. The second kappa shape index (κ2) is 5.63. The fraction of sp³-hybridized carbons (Fsp3) is 0.133. The number of hydrogen-bond donors (Lipinski definition) is 2. The Bertz CT molecular complexity index is 661. The maximum absolute atomic E-state index is 14.0. The predicted molar refractivity (Wildman–Crippen MR) is 77.4 cm³/mol. The van der Waals surface area contributed by atoms with Crippen molar-refractivity contribution in [3.05, 3.63) is 58.7 Å². The van der Waals surface area contributed by atoms with Gasteiger partial charge in [-0.3, -0.25) is 5.41 Å². The lowest BCUT2D eigenvalue weighted by atomic mass is 10.2. The third kappa shape index (κ3) is 2.99. The van der Waals surface area contributed by atoms with Gasteiger partial charge in [-0.05, 0) is 37.6 Å². The molecule has 20 heavy (non-hydrogen) atoms. The Morgan fingerprint density at radius 2 is 1.70 bits per heavy atom. The molecule has 0 heterocycles. The highest BCUT2D eigenvalue weighted by Crippen LogP contribution is 2.34. The highest BCUT2D eigenvalue weighted by Gasteiger charge is 2.14. The van der Waals surface area contributed by atoms with E-state index in [4.69, 9.17) is 11.1 Å². The van der Waals surface area contributed by atoms with Crippen LogP contribution in [-0.2, 0) is 0 Å². The van der Waals surface area contributed by atoms with E-state index in [0.717, 1.165) is 39.9 Å². The van der Waals surface area contributed by atoms with E-state index in [1.165, 1.54) is 0 Å². The van der Waals surface area contributed by atoms with Gasteiger partial charge in [0.1, 0.15) is 17.5 Å². The molecule has 0 unspecified atom stereocenters. The van der Waals surface area contributed by atoms with Crippen molar-refractivity contribution >= 4 is 17.6 Å². The second-order valence-corrected chi connectivity index (χ2v) is 5.61. The number of nitrogen functional groups attached to an aromatic ring is 1. The fourth-order valence-corrected chi connectivity index (χ4v) is 2.73.